The molecule has 1 aromatic heterocycles. The minimum atomic E-state index is 0. The van der Waals surface area contributed by atoms with Crippen molar-refractivity contribution in [2.75, 3.05) is 38.3 Å². The van der Waals surface area contributed by atoms with Crippen LogP contribution in [0.3, 0.4) is 0 Å². The second-order valence-corrected chi connectivity index (χ2v) is 6.66. The molecule has 1 amide bonds. The monoisotopic (exact) mass is 512 g/mol. The Morgan fingerprint density at radius 2 is 2.00 bits per heavy atom. The van der Waals surface area contributed by atoms with Gasteiger partial charge in [-0.15, -0.1) is 24.0 Å². The van der Waals surface area contributed by atoms with Crippen LogP contribution < -0.4 is 15.5 Å². The summed E-state index contributed by atoms with van der Waals surface area (Å²) in [5, 5.41) is 6.58. The number of amides is 1. The van der Waals surface area contributed by atoms with Crippen molar-refractivity contribution in [2.45, 2.75) is 25.8 Å². The summed E-state index contributed by atoms with van der Waals surface area (Å²) in [4.78, 5) is 18.4. The van der Waals surface area contributed by atoms with Crippen LogP contribution in [0, 0.1) is 0 Å². The van der Waals surface area contributed by atoms with E-state index in [2.05, 4.69) is 15.6 Å². The van der Waals surface area contributed by atoms with Gasteiger partial charge in [-0.1, -0.05) is 12.1 Å². The molecule has 8 heteroatoms. The molecule has 0 unspecified atom stereocenters. The van der Waals surface area contributed by atoms with Gasteiger partial charge in [-0.2, -0.15) is 0 Å². The standard InChI is InChI=1S/C21H28N4O3.HI/c1-27-15-12-23-21(22-11-10-19-4-3-14-28-19)24-16-17-6-8-18(9-7-17)25-13-2-5-20(25)26;/h3-4,6-9,14H,2,5,10-13,15-16H2,1H3,(H2,22,23,24);1H. The third-order valence-electron chi connectivity index (χ3n) is 4.58. The maximum Gasteiger partial charge on any atom is 0.227 e. The molecule has 0 spiro atoms. The highest BCUT2D eigenvalue weighted by atomic mass is 127. The van der Waals surface area contributed by atoms with E-state index < -0.39 is 0 Å². The molecule has 2 heterocycles. The summed E-state index contributed by atoms with van der Waals surface area (Å²) in [5.74, 6) is 1.88. The number of ether oxygens (including phenoxy) is 1. The zero-order valence-corrected chi connectivity index (χ0v) is 19.1. The summed E-state index contributed by atoms with van der Waals surface area (Å²) in [7, 11) is 1.68. The Morgan fingerprint density at radius 1 is 1.21 bits per heavy atom. The maximum absolute atomic E-state index is 11.9. The molecule has 0 aliphatic carbocycles. The van der Waals surface area contributed by atoms with E-state index in [1.807, 2.05) is 41.3 Å². The molecule has 1 fully saturated rings. The molecular weight excluding hydrogens is 483 g/mol. The zero-order valence-electron chi connectivity index (χ0n) is 16.7. The van der Waals surface area contributed by atoms with Gasteiger partial charge in [0, 0.05) is 45.3 Å². The summed E-state index contributed by atoms with van der Waals surface area (Å²) in [5.41, 5.74) is 2.06. The van der Waals surface area contributed by atoms with E-state index in [0.29, 0.717) is 26.1 Å². The number of anilines is 1. The summed E-state index contributed by atoms with van der Waals surface area (Å²) >= 11 is 0. The normalized spacial score (nSPS) is 14.0. The largest absolute Gasteiger partial charge is 0.469 e. The SMILES string of the molecule is COCCNC(=NCc1ccc(N2CCCC2=O)cc1)NCCc1ccco1.I. The highest BCUT2D eigenvalue weighted by molar-refractivity contribution is 14.0. The van der Waals surface area contributed by atoms with E-state index in [-0.39, 0.29) is 29.9 Å². The average Bonchev–Trinajstić information content (AvgIpc) is 3.38. The van der Waals surface area contributed by atoms with Crippen molar-refractivity contribution in [1.29, 1.82) is 0 Å². The number of hydrogen-bond donors (Lipinski definition) is 2. The Labute approximate surface area is 188 Å². The number of hydrogen-bond acceptors (Lipinski definition) is 4. The molecular formula is C21H29IN4O3. The fourth-order valence-electron chi connectivity index (χ4n) is 3.08. The predicted octanol–water partition coefficient (Wildman–Crippen LogP) is 2.95. The summed E-state index contributed by atoms with van der Waals surface area (Å²) in [6, 6.07) is 11.9. The molecule has 0 atom stereocenters. The molecule has 1 saturated heterocycles. The molecule has 2 aromatic rings. The number of methoxy groups -OCH3 is 1. The lowest BCUT2D eigenvalue weighted by atomic mass is 10.2. The minimum absolute atomic E-state index is 0. The molecule has 29 heavy (non-hydrogen) atoms. The van der Waals surface area contributed by atoms with Crippen LogP contribution in [-0.2, 0) is 22.5 Å². The van der Waals surface area contributed by atoms with Gasteiger partial charge in [-0.3, -0.25) is 4.79 Å². The van der Waals surface area contributed by atoms with Crippen molar-refractivity contribution in [1.82, 2.24) is 10.6 Å². The number of halogens is 1. The van der Waals surface area contributed by atoms with Gasteiger partial charge in [0.2, 0.25) is 5.91 Å². The third kappa shape index (κ3) is 7.36. The number of guanidine groups is 1. The minimum Gasteiger partial charge on any atom is -0.469 e. The maximum atomic E-state index is 11.9. The van der Waals surface area contributed by atoms with Crippen LogP contribution in [0.1, 0.15) is 24.2 Å². The molecule has 0 saturated carbocycles. The lowest BCUT2D eigenvalue weighted by Crippen LogP contribution is -2.40. The number of nitrogens with one attached hydrogen (secondary N) is 2. The van der Waals surface area contributed by atoms with Crippen LogP contribution in [0.5, 0.6) is 0 Å². The predicted molar refractivity (Wildman–Crippen MR) is 125 cm³/mol. The second-order valence-electron chi connectivity index (χ2n) is 6.66. The van der Waals surface area contributed by atoms with E-state index >= 15 is 0 Å². The van der Waals surface area contributed by atoms with Crippen molar-refractivity contribution < 1.29 is 13.9 Å². The van der Waals surface area contributed by atoms with Crippen molar-refractivity contribution in [3.63, 3.8) is 0 Å². The molecule has 1 aliphatic rings. The highest BCUT2D eigenvalue weighted by Gasteiger charge is 2.21. The fraction of sp³-hybridized carbons (Fsp3) is 0.429. The van der Waals surface area contributed by atoms with E-state index in [1.165, 1.54) is 0 Å². The van der Waals surface area contributed by atoms with Crippen LogP contribution >= 0.6 is 24.0 Å². The molecule has 3 rings (SSSR count). The van der Waals surface area contributed by atoms with E-state index in [9.17, 15) is 4.79 Å². The lowest BCUT2D eigenvalue weighted by Gasteiger charge is -2.16. The number of nitrogens with zero attached hydrogens (tertiary/aromatic N) is 2. The van der Waals surface area contributed by atoms with Gasteiger partial charge >= 0.3 is 0 Å². The second kappa shape index (κ2) is 12.5. The number of furan rings is 1. The Morgan fingerprint density at radius 3 is 2.66 bits per heavy atom. The Bertz CT molecular complexity index is 763. The van der Waals surface area contributed by atoms with E-state index in [4.69, 9.17) is 9.15 Å². The highest BCUT2D eigenvalue weighted by Crippen LogP contribution is 2.21. The molecule has 7 nitrogen and oxygen atoms in total. The van der Waals surface area contributed by atoms with Gasteiger partial charge < -0.3 is 24.7 Å². The van der Waals surface area contributed by atoms with Crippen molar-refractivity contribution in [3.8, 4) is 0 Å². The van der Waals surface area contributed by atoms with Crippen LogP contribution in [0.4, 0.5) is 5.69 Å². The van der Waals surface area contributed by atoms with Gasteiger partial charge in [-0.05, 0) is 36.2 Å². The summed E-state index contributed by atoms with van der Waals surface area (Å²) < 4.78 is 10.5. The van der Waals surface area contributed by atoms with Crippen molar-refractivity contribution in [3.05, 3.63) is 54.0 Å². The number of rotatable bonds is 9. The van der Waals surface area contributed by atoms with Crippen molar-refractivity contribution in [2.24, 2.45) is 4.99 Å². The van der Waals surface area contributed by atoms with Crippen LogP contribution in [0.25, 0.3) is 0 Å². The quantitative estimate of drug-likeness (QED) is 0.234. The Kier molecular flexibility index (Phi) is 9.99. The van der Waals surface area contributed by atoms with Gasteiger partial charge in [0.25, 0.3) is 0 Å². The molecule has 158 valence electrons. The number of aliphatic imine (C=N–C) groups is 1. The molecule has 1 aliphatic heterocycles. The van der Waals surface area contributed by atoms with Gasteiger partial charge in [0.05, 0.1) is 19.4 Å². The first kappa shape index (κ1) is 23.2. The molecule has 0 radical (unpaired) electrons. The first-order valence-corrected chi connectivity index (χ1v) is 9.69. The van der Waals surface area contributed by atoms with Gasteiger partial charge in [-0.25, -0.2) is 4.99 Å². The number of carbonyl (C=O) groups is 1. The van der Waals surface area contributed by atoms with Crippen LogP contribution in [-0.4, -0.2) is 45.2 Å². The van der Waals surface area contributed by atoms with E-state index in [0.717, 1.165) is 48.9 Å². The Balaban J connectivity index is 0.00000300. The fourth-order valence-corrected chi connectivity index (χ4v) is 3.08. The number of carbonyl (C=O) groups excluding carboxylic acids is 1. The first-order valence-electron chi connectivity index (χ1n) is 9.69. The number of benzene rings is 1. The smallest absolute Gasteiger partial charge is 0.227 e. The Hall–Kier alpha value is -2.07. The topological polar surface area (TPSA) is 79.1 Å². The van der Waals surface area contributed by atoms with Gasteiger partial charge in [0.15, 0.2) is 5.96 Å². The van der Waals surface area contributed by atoms with Crippen LogP contribution in [0.15, 0.2) is 52.1 Å². The van der Waals surface area contributed by atoms with Gasteiger partial charge in [0.1, 0.15) is 5.76 Å². The van der Waals surface area contributed by atoms with Crippen LogP contribution in [0.2, 0.25) is 0 Å². The zero-order chi connectivity index (χ0) is 19.6. The lowest BCUT2D eigenvalue weighted by molar-refractivity contribution is -0.117. The van der Waals surface area contributed by atoms with Crippen molar-refractivity contribution >= 4 is 41.5 Å². The van der Waals surface area contributed by atoms with E-state index in [1.54, 1.807) is 13.4 Å². The first-order chi connectivity index (χ1) is 13.8. The molecule has 2 N–H and O–H groups in total. The third-order valence-corrected chi connectivity index (χ3v) is 4.58. The molecule has 1 aromatic carbocycles. The summed E-state index contributed by atoms with van der Waals surface area (Å²) in [6.45, 7) is 3.37. The molecule has 0 bridgehead atoms. The average molecular weight is 512 g/mol. The summed E-state index contributed by atoms with van der Waals surface area (Å²) in [6.07, 6.45) is 4.05.